The molecular weight excluding hydrogens is 196 g/mol. The monoisotopic (exact) mass is 202 g/mol. The lowest BCUT2D eigenvalue weighted by atomic mass is 10.2. The van der Waals surface area contributed by atoms with Gasteiger partial charge >= 0.3 is 0 Å². The van der Waals surface area contributed by atoms with Crippen LogP contribution in [0.3, 0.4) is 0 Å². The lowest BCUT2D eigenvalue weighted by molar-refractivity contribution is 1.35. The van der Waals surface area contributed by atoms with Crippen molar-refractivity contribution < 1.29 is 0 Å². The van der Waals surface area contributed by atoms with Crippen LogP contribution >= 0.6 is 28.6 Å². The largest absolute Gasteiger partial charge is 0.142 e. The molecule has 0 unspecified atom stereocenters. The quantitative estimate of drug-likeness (QED) is 0.615. The topological polar surface area (TPSA) is 0 Å². The van der Waals surface area contributed by atoms with E-state index in [1.54, 1.807) is 0 Å². The van der Waals surface area contributed by atoms with Gasteiger partial charge in [0, 0.05) is 9.37 Å². The summed E-state index contributed by atoms with van der Waals surface area (Å²) in [4.78, 5) is 0.987. The van der Waals surface area contributed by atoms with Gasteiger partial charge in [0.25, 0.3) is 0 Å². The highest BCUT2D eigenvalue weighted by atomic mass is 79.9. The summed E-state index contributed by atoms with van der Waals surface area (Å²) >= 11 is 7.57. The van der Waals surface area contributed by atoms with E-state index in [2.05, 4.69) is 35.5 Å². The maximum atomic E-state index is 4.20. The molecule has 0 radical (unpaired) electrons. The summed E-state index contributed by atoms with van der Waals surface area (Å²) in [6.45, 7) is 2.05. The fourth-order valence-electron chi connectivity index (χ4n) is 0.612. The molecule has 0 aromatic heterocycles. The van der Waals surface area contributed by atoms with Gasteiger partial charge in [0.05, 0.1) is 0 Å². The van der Waals surface area contributed by atoms with Crippen LogP contribution < -0.4 is 0 Å². The van der Waals surface area contributed by atoms with Crippen LogP contribution in [0, 0.1) is 6.92 Å². The van der Waals surface area contributed by atoms with E-state index >= 15 is 0 Å². The molecule has 48 valence electrons. The van der Waals surface area contributed by atoms with Crippen molar-refractivity contribution in [2.24, 2.45) is 0 Å². The van der Waals surface area contributed by atoms with Gasteiger partial charge in [-0.15, -0.1) is 12.6 Å². The first-order chi connectivity index (χ1) is 4.20. The molecule has 0 atom stereocenters. The molecular formula is C7H7BrS. The van der Waals surface area contributed by atoms with Gasteiger partial charge in [-0.3, -0.25) is 0 Å². The molecule has 0 bridgehead atoms. The second-order valence-corrected chi connectivity index (χ2v) is 3.29. The van der Waals surface area contributed by atoms with Gasteiger partial charge in [0.2, 0.25) is 0 Å². The predicted molar refractivity (Wildman–Crippen MR) is 46.1 cm³/mol. The Morgan fingerprint density at radius 1 is 1.44 bits per heavy atom. The second-order valence-electron chi connectivity index (χ2n) is 1.95. The fraction of sp³-hybridized carbons (Fsp3) is 0.143. The van der Waals surface area contributed by atoms with Crippen LogP contribution in [0.15, 0.2) is 27.6 Å². The Morgan fingerprint density at radius 3 is 2.56 bits per heavy atom. The van der Waals surface area contributed by atoms with Crippen molar-refractivity contribution in [3.63, 3.8) is 0 Å². The van der Waals surface area contributed by atoms with Crippen molar-refractivity contribution in [2.75, 3.05) is 0 Å². The molecule has 0 N–H and O–H groups in total. The molecule has 0 saturated carbocycles. The molecule has 0 aliphatic carbocycles. The molecule has 0 amide bonds. The lowest BCUT2D eigenvalue weighted by Crippen LogP contribution is -1.72. The zero-order valence-electron chi connectivity index (χ0n) is 5.06. The van der Waals surface area contributed by atoms with Crippen LogP contribution in [0.1, 0.15) is 5.56 Å². The Kier molecular flexibility index (Phi) is 2.19. The van der Waals surface area contributed by atoms with Crippen LogP contribution in [-0.2, 0) is 0 Å². The Labute approximate surface area is 68.8 Å². The van der Waals surface area contributed by atoms with Crippen molar-refractivity contribution in [1.29, 1.82) is 0 Å². The maximum absolute atomic E-state index is 4.20. The average molecular weight is 203 g/mol. The molecule has 0 saturated heterocycles. The smallest absolute Gasteiger partial charge is 0.0311 e. The Bertz CT molecular complexity index is 220. The molecule has 0 spiro atoms. The van der Waals surface area contributed by atoms with E-state index in [4.69, 9.17) is 0 Å². The standard InChI is InChI=1S/C7H7BrS/c1-5-2-3-7(9)6(8)4-5/h2-4,9H,1H3. The number of hydrogen-bond donors (Lipinski definition) is 1. The third kappa shape index (κ3) is 1.73. The first-order valence-corrected chi connectivity index (χ1v) is 3.89. The van der Waals surface area contributed by atoms with Gasteiger partial charge in [-0.2, -0.15) is 0 Å². The summed E-state index contributed by atoms with van der Waals surface area (Å²) in [6.07, 6.45) is 0. The fourth-order valence-corrected chi connectivity index (χ4v) is 1.24. The SMILES string of the molecule is Cc1ccc(S)c(Br)c1. The summed E-state index contributed by atoms with van der Waals surface area (Å²) in [6, 6.07) is 6.05. The van der Waals surface area contributed by atoms with Gasteiger partial charge < -0.3 is 0 Å². The van der Waals surface area contributed by atoms with Crippen molar-refractivity contribution in [2.45, 2.75) is 11.8 Å². The maximum Gasteiger partial charge on any atom is 0.0311 e. The van der Waals surface area contributed by atoms with E-state index in [9.17, 15) is 0 Å². The van der Waals surface area contributed by atoms with Gasteiger partial charge in [-0.1, -0.05) is 6.07 Å². The minimum Gasteiger partial charge on any atom is -0.142 e. The number of aryl methyl sites for hydroxylation is 1. The van der Waals surface area contributed by atoms with Crippen LogP contribution in [0.2, 0.25) is 0 Å². The predicted octanol–water partition coefficient (Wildman–Crippen LogP) is 3.05. The molecule has 2 heteroatoms. The Balaban J connectivity index is 3.17. The Hall–Kier alpha value is 0.0500. The van der Waals surface area contributed by atoms with E-state index in [1.165, 1.54) is 5.56 Å². The highest BCUT2D eigenvalue weighted by molar-refractivity contribution is 9.10. The van der Waals surface area contributed by atoms with Gasteiger partial charge in [-0.25, -0.2) is 0 Å². The summed E-state index contributed by atoms with van der Waals surface area (Å²) in [5.41, 5.74) is 1.25. The lowest BCUT2D eigenvalue weighted by Gasteiger charge is -1.95. The van der Waals surface area contributed by atoms with Gasteiger partial charge in [0.15, 0.2) is 0 Å². The van der Waals surface area contributed by atoms with Crippen molar-refractivity contribution in [3.05, 3.63) is 28.2 Å². The summed E-state index contributed by atoms with van der Waals surface area (Å²) in [5.74, 6) is 0. The minimum absolute atomic E-state index is 0.987. The number of halogens is 1. The van der Waals surface area contributed by atoms with Crippen LogP contribution in [0.4, 0.5) is 0 Å². The van der Waals surface area contributed by atoms with Crippen LogP contribution in [0.5, 0.6) is 0 Å². The van der Waals surface area contributed by atoms with E-state index in [1.807, 2.05) is 18.2 Å². The third-order valence-corrected chi connectivity index (χ3v) is 2.46. The number of hydrogen-bond acceptors (Lipinski definition) is 1. The highest BCUT2D eigenvalue weighted by Gasteiger charge is 1.91. The molecule has 0 nitrogen and oxygen atoms in total. The second kappa shape index (κ2) is 2.76. The normalized spacial score (nSPS) is 9.67. The summed E-state index contributed by atoms with van der Waals surface area (Å²) < 4.78 is 1.06. The van der Waals surface area contributed by atoms with Crippen LogP contribution in [-0.4, -0.2) is 0 Å². The third-order valence-electron chi connectivity index (χ3n) is 1.10. The molecule has 0 fully saturated rings. The van der Waals surface area contributed by atoms with E-state index in [-0.39, 0.29) is 0 Å². The molecule has 1 aromatic rings. The number of rotatable bonds is 0. The molecule has 9 heavy (non-hydrogen) atoms. The number of thiol groups is 1. The van der Waals surface area contributed by atoms with Crippen molar-refractivity contribution in [1.82, 2.24) is 0 Å². The zero-order chi connectivity index (χ0) is 6.85. The minimum atomic E-state index is 0.987. The summed E-state index contributed by atoms with van der Waals surface area (Å²) in [7, 11) is 0. The first kappa shape index (κ1) is 7.16. The highest BCUT2D eigenvalue weighted by Crippen LogP contribution is 2.20. The molecule has 0 aliphatic rings. The molecule has 1 aromatic carbocycles. The molecule has 0 aliphatic heterocycles. The average Bonchev–Trinajstić information content (AvgIpc) is 1.80. The summed E-state index contributed by atoms with van der Waals surface area (Å²) in [5, 5.41) is 0. The van der Waals surface area contributed by atoms with Crippen molar-refractivity contribution >= 4 is 28.6 Å². The number of benzene rings is 1. The van der Waals surface area contributed by atoms with Crippen LogP contribution in [0.25, 0.3) is 0 Å². The van der Waals surface area contributed by atoms with E-state index in [0.29, 0.717) is 0 Å². The van der Waals surface area contributed by atoms with Gasteiger partial charge in [-0.05, 0) is 40.5 Å². The molecule has 1 rings (SSSR count). The molecule has 0 heterocycles. The van der Waals surface area contributed by atoms with E-state index < -0.39 is 0 Å². The zero-order valence-corrected chi connectivity index (χ0v) is 7.54. The van der Waals surface area contributed by atoms with Gasteiger partial charge in [0.1, 0.15) is 0 Å². The Morgan fingerprint density at radius 2 is 2.11 bits per heavy atom. The van der Waals surface area contributed by atoms with E-state index in [0.717, 1.165) is 9.37 Å². The van der Waals surface area contributed by atoms with Crippen molar-refractivity contribution in [3.8, 4) is 0 Å². The first-order valence-electron chi connectivity index (χ1n) is 2.65.